The molecule has 0 atom stereocenters. The van der Waals surface area contributed by atoms with Gasteiger partial charge in [0.2, 0.25) is 0 Å². The number of aryl methyl sites for hydroxylation is 1. The normalized spacial score (nSPS) is 9.94. The number of benzene rings is 2. The molecule has 0 aliphatic carbocycles. The SMILES string of the molecule is C=Nc1cccc(-c2ccc(C=O)c(C)c2)c1. The van der Waals surface area contributed by atoms with Gasteiger partial charge in [0.25, 0.3) is 0 Å². The summed E-state index contributed by atoms with van der Waals surface area (Å²) < 4.78 is 0. The van der Waals surface area contributed by atoms with E-state index in [1.165, 1.54) is 0 Å². The molecule has 0 fully saturated rings. The Bertz CT molecular complexity index is 573. The Morgan fingerprint density at radius 1 is 1.12 bits per heavy atom. The Morgan fingerprint density at radius 3 is 2.53 bits per heavy atom. The largest absolute Gasteiger partial charge is 0.298 e. The van der Waals surface area contributed by atoms with E-state index in [0.29, 0.717) is 0 Å². The zero-order valence-corrected chi connectivity index (χ0v) is 9.68. The molecule has 0 bridgehead atoms. The van der Waals surface area contributed by atoms with Crippen molar-refractivity contribution in [2.45, 2.75) is 6.92 Å². The van der Waals surface area contributed by atoms with Crippen LogP contribution in [0.5, 0.6) is 0 Å². The minimum atomic E-state index is 0.728. The van der Waals surface area contributed by atoms with Gasteiger partial charge in [-0.2, -0.15) is 0 Å². The Morgan fingerprint density at radius 2 is 1.88 bits per heavy atom. The second kappa shape index (κ2) is 4.74. The van der Waals surface area contributed by atoms with E-state index in [0.717, 1.165) is 34.2 Å². The molecule has 0 N–H and O–H groups in total. The Kier molecular flexibility index (Phi) is 3.15. The molecule has 84 valence electrons. The molecule has 0 aromatic heterocycles. The van der Waals surface area contributed by atoms with E-state index in [2.05, 4.69) is 11.7 Å². The van der Waals surface area contributed by atoms with Crippen molar-refractivity contribution in [2.24, 2.45) is 4.99 Å². The number of aldehydes is 1. The third-order valence-electron chi connectivity index (χ3n) is 2.76. The molecule has 2 rings (SSSR count). The molecule has 0 radical (unpaired) electrons. The van der Waals surface area contributed by atoms with Crippen LogP contribution in [0.1, 0.15) is 15.9 Å². The van der Waals surface area contributed by atoms with Crippen LogP contribution < -0.4 is 0 Å². The van der Waals surface area contributed by atoms with Gasteiger partial charge in [0.05, 0.1) is 5.69 Å². The van der Waals surface area contributed by atoms with E-state index in [-0.39, 0.29) is 0 Å². The average molecular weight is 223 g/mol. The number of hydrogen-bond donors (Lipinski definition) is 0. The van der Waals surface area contributed by atoms with Crippen LogP contribution in [-0.4, -0.2) is 13.0 Å². The lowest BCUT2D eigenvalue weighted by atomic mass is 10.00. The molecule has 17 heavy (non-hydrogen) atoms. The third kappa shape index (κ3) is 2.31. The summed E-state index contributed by atoms with van der Waals surface area (Å²) in [7, 11) is 0. The van der Waals surface area contributed by atoms with Gasteiger partial charge in [0.15, 0.2) is 0 Å². The first kappa shape index (κ1) is 11.3. The zero-order chi connectivity index (χ0) is 12.3. The minimum Gasteiger partial charge on any atom is -0.298 e. The summed E-state index contributed by atoms with van der Waals surface area (Å²) in [6, 6.07) is 13.6. The van der Waals surface area contributed by atoms with Crippen LogP contribution in [0.25, 0.3) is 11.1 Å². The van der Waals surface area contributed by atoms with Gasteiger partial charge in [-0.3, -0.25) is 9.79 Å². The number of aliphatic imine (C=N–C) groups is 1. The highest BCUT2D eigenvalue weighted by Crippen LogP contribution is 2.25. The van der Waals surface area contributed by atoms with Gasteiger partial charge < -0.3 is 0 Å². The molecule has 2 aromatic rings. The summed E-state index contributed by atoms with van der Waals surface area (Å²) in [5, 5.41) is 0. The predicted octanol–water partition coefficient (Wildman–Crippen LogP) is 3.81. The predicted molar refractivity (Wildman–Crippen MR) is 71.2 cm³/mol. The van der Waals surface area contributed by atoms with Crippen LogP contribution in [0.15, 0.2) is 47.5 Å². The summed E-state index contributed by atoms with van der Waals surface area (Å²) >= 11 is 0. The lowest BCUT2D eigenvalue weighted by Crippen LogP contribution is -1.87. The smallest absolute Gasteiger partial charge is 0.150 e. The van der Waals surface area contributed by atoms with E-state index >= 15 is 0 Å². The lowest BCUT2D eigenvalue weighted by Gasteiger charge is -2.05. The molecule has 0 amide bonds. The summed E-state index contributed by atoms with van der Waals surface area (Å²) in [6.07, 6.45) is 0.876. The molecule has 0 saturated carbocycles. The maximum atomic E-state index is 10.8. The quantitative estimate of drug-likeness (QED) is 0.574. The van der Waals surface area contributed by atoms with Crippen molar-refractivity contribution in [3.05, 3.63) is 53.6 Å². The first-order valence-corrected chi connectivity index (χ1v) is 5.37. The van der Waals surface area contributed by atoms with Gasteiger partial charge in [0, 0.05) is 5.56 Å². The lowest BCUT2D eigenvalue weighted by molar-refractivity contribution is 0.112. The van der Waals surface area contributed by atoms with Crippen molar-refractivity contribution in [3.8, 4) is 11.1 Å². The van der Waals surface area contributed by atoms with E-state index in [1.54, 1.807) is 0 Å². The molecule has 0 saturated heterocycles. The second-order valence-corrected chi connectivity index (χ2v) is 3.90. The Hall–Kier alpha value is -2.22. The van der Waals surface area contributed by atoms with Crippen LogP contribution in [0.3, 0.4) is 0 Å². The summed E-state index contributed by atoms with van der Waals surface area (Å²) in [6.45, 7) is 5.45. The van der Waals surface area contributed by atoms with Crippen LogP contribution >= 0.6 is 0 Å². The van der Waals surface area contributed by atoms with Gasteiger partial charge in [-0.15, -0.1) is 0 Å². The van der Waals surface area contributed by atoms with E-state index in [9.17, 15) is 4.79 Å². The van der Waals surface area contributed by atoms with E-state index < -0.39 is 0 Å². The zero-order valence-electron chi connectivity index (χ0n) is 9.68. The second-order valence-electron chi connectivity index (χ2n) is 3.90. The van der Waals surface area contributed by atoms with Crippen molar-refractivity contribution in [1.82, 2.24) is 0 Å². The fourth-order valence-electron chi connectivity index (χ4n) is 1.77. The molecular formula is C15H13NO. The van der Waals surface area contributed by atoms with Crippen LogP contribution in [0.4, 0.5) is 5.69 Å². The van der Waals surface area contributed by atoms with Crippen LogP contribution in [0, 0.1) is 6.92 Å². The molecular weight excluding hydrogens is 210 g/mol. The minimum absolute atomic E-state index is 0.728. The summed E-state index contributed by atoms with van der Waals surface area (Å²) in [4.78, 5) is 14.7. The van der Waals surface area contributed by atoms with Gasteiger partial charge in [-0.1, -0.05) is 30.3 Å². The summed E-state index contributed by atoms with van der Waals surface area (Å²) in [5.41, 5.74) is 4.72. The number of nitrogens with zero attached hydrogens (tertiary/aromatic N) is 1. The highest BCUT2D eigenvalue weighted by atomic mass is 16.1. The maximum Gasteiger partial charge on any atom is 0.150 e. The Labute approximate surface area is 101 Å². The topological polar surface area (TPSA) is 29.4 Å². The average Bonchev–Trinajstić information content (AvgIpc) is 2.38. The van der Waals surface area contributed by atoms with Gasteiger partial charge in [0.1, 0.15) is 6.29 Å². The molecule has 2 heteroatoms. The fraction of sp³-hybridized carbons (Fsp3) is 0.0667. The number of hydrogen-bond acceptors (Lipinski definition) is 2. The number of carbonyl (C=O) groups is 1. The first-order chi connectivity index (χ1) is 8.24. The third-order valence-corrected chi connectivity index (χ3v) is 2.76. The Balaban J connectivity index is 2.49. The fourth-order valence-corrected chi connectivity index (χ4v) is 1.77. The first-order valence-electron chi connectivity index (χ1n) is 5.37. The highest BCUT2D eigenvalue weighted by molar-refractivity contribution is 5.80. The molecule has 0 aliphatic rings. The van der Waals surface area contributed by atoms with Crippen LogP contribution in [-0.2, 0) is 0 Å². The summed E-state index contributed by atoms with van der Waals surface area (Å²) in [5.74, 6) is 0. The molecule has 0 aliphatic heterocycles. The standard InChI is InChI=1S/C15H13NO/c1-11-8-13(6-7-14(11)10-17)12-4-3-5-15(9-12)16-2/h3-10H,2H2,1H3. The number of rotatable bonds is 3. The van der Waals surface area contributed by atoms with E-state index in [4.69, 9.17) is 0 Å². The maximum absolute atomic E-state index is 10.8. The van der Waals surface area contributed by atoms with Crippen molar-refractivity contribution < 1.29 is 4.79 Å². The van der Waals surface area contributed by atoms with Gasteiger partial charge in [-0.05, 0) is 42.5 Å². The highest BCUT2D eigenvalue weighted by Gasteiger charge is 2.02. The molecule has 0 spiro atoms. The monoisotopic (exact) mass is 223 g/mol. The molecule has 2 nitrogen and oxygen atoms in total. The van der Waals surface area contributed by atoms with Crippen molar-refractivity contribution in [1.29, 1.82) is 0 Å². The van der Waals surface area contributed by atoms with Gasteiger partial charge >= 0.3 is 0 Å². The molecule has 0 unspecified atom stereocenters. The van der Waals surface area contributed by atoms with Crippen molar-refractivity contribution in [3.63, 3.8) is 0 Å². The molecule has 0 heterocycles. The van der Waals surface area contributed by atoms with Crippen molar-refractivity contribution >= 4 is 18.7 Å². The molecule has 2 aromatic carbocycles. The van der Waals surface area contributed by atoms with Crippen LogP contribution in [0.2, 0.25) is 0 Å². The number of carbonyl (C=O) groups excluding carboxylic acids is 1. The van der Waals surface area contributed by atoms with E-state index in [1.807, 2.05) is 49.4 Å². The van der Waals surface area contributed by atoms with Gasteiger partial charge in [-0.25, -0.2) is 0 Å². The van der Waals surface area contributed by atoms with Crippen molar-refractivity contribution in [2.75, 3.05) is 0 Å².